The maximum absolute atomic E-state index is 12.6. The number of aliphatic carboxylic acids is 4. The van der Waals surface area contributed by atoms with E-state index in [2.05, 4.69) is 58.3 Å². The molecule has 4 N–H and O–H groups in total. The number of carboxylic acid groups (broad SMARTS) is 4. The van der Waals surface area contributed by atoms with E-state index < -0.39 is 23.9 Å². The van der Waals surface area contributed by atoms with E-state index in [1.807, 2.05) is 21.9 Å². The molecule has 2 aliphatic heterocycles. The normalized spacial score (nSPS) is 15.0. The van der Waals surface area contributed by atoms with Gasteiger partial charge in [-0.15, -0.1) is 0 Å². The number of piperazine rings is 2. The molecule has 2 amide bonds. The number of carbonyl (C=O) groups is 6. The third-order valence-electron chi connectivity index (χ3n) is 7.35. The number of benzene rings is 2. The first-order valence-corrected chi connectivity index (χ1v) is 15.0. The van der Waals surface area contributed by atoms with Crippen molar-refractivity contribution >= 4 is 35.7 Å². The number of hydrogen-bond donors (Lipinski definition) is 4. The van der Waals surface area contributed by atoms with Gasteiger partial charge in [-0.2, -0.15) is 0 Å². The SMILES string of the molecule is O=C(CCCCC(=O)N1CCN(Cc2ccccc2)CC1)N1CCN(Cc2ccccc2)CC1.O=C(O)C(=O)O.O=C(O)C(=O)O. The van der Waals surface area contributed by atoms with Gasteiger partial charge in [0, 0.05) is 78.3 Å². The summed E-state index contributed by atoms with van der Waals surface area (Å²) in [4.78, 5) is 70.4. The third-order valence-corrected chi connectivity index (χ3v) is 7.35. The van der Waals surface area contributed by atoms with Crippen LogP contribution in [0.4, 0.5) is 0 Å². The molecule has 2 saturated heterocycles. The highest BCUT2D eigenvalue weighted by molar-refractivity contribution is 6.27. The lowest BCUT2D eigenvalue weighted by atomic mass is 10.1. The number of unbranched alkanes of at least 4 members (excludes halogenated alkanes) is 1. The molecular formula is C32H42N4O10. The van der Waals surface area contributed by atoms with E-state index in [1.54, 1.807) is 0 Å². The molecule has 46 heavy (non-hydrogen) atoms. The van der Waals surface area contributed by atoms with Crippen LogP contribution in [0, 0.1) is 0 Å². The molecule has 0 atom stereocenters. The van der Waals surface area contributed by atoms with Crippen molar-refractivity contribution in [3.8, 4) is 0 Å². The van der Waals surface area contributed by atoms with E-state index in [9.17, 15) is 9.59 Å². The number of hydrogen-bond acceptors (Lipinski definition) is 8. The van der Waals surface area contributed by atoms with Gasteiger partial charge in [0.15, 0.2) is 0 Å². The number of nitrogens with zero attached hydrogens (tertiary/aromatic N) is 4. The zero-order chi connectivity index (χ0) is 33.9. The van der Waals surface area contributed by atoms with Gasteiger partial charge >= 0.3 is 23.9 Å². The monoisotopic (exact) mass is 642 g/mol. The molecule has 0 radical (unpaired) electrons. The van der Waals surface area contributed by atoms with Gasteiger partial charge in [-0.25, -0.2) is 19.2 Å². The highest BCUT2D eigenvalue weighted by atomic mass is 16.4. The van der Waals surface area contributed by atoms with Crippen LogP contribution in [-0.4, -0.2) is 128 Å². The predicted molar refractivity (Wildman–Crippen MR) is 166 cm³/mol. The third kappa shape index (κ3) is 14.8. The van der Waals surface area contributed by atoms with Crippen molar-refractivity contribution in [2.45, 2.75) is 38.8 Å². The molecule has 14 nitrogen and oxygen atoms in total. The average molecular weight is 643 g/mol. The van der Waals surface area contributed by atoms with E-state index in [4.69, 9.17) is 39.6 Å². The summed E-state index contributed by atoms with van der Waals surface area (Å²) >= 11 is 0. The quantitative estimate of drug-likeness (QED) is 0.228. The summed E-state index contributed by atoms with van der Waals surface area (Å²) in [5.74, 6) is -6.82. The second kappa shape index (κ2) is 20.3. The molecule has 2 aromatic rings. The molecule has 0 aromatic heterocycles. The molecule has 0 saturated carbocycles. The van der Waals surface area contributed by atoms with Crippen LogP contribution in [0.2, 0.25) is 0 Å². The van der Waals surface area contributed by atoms with Crippen LogP contribution >= 0.6 is 0 Å². The minimum atomic E-state index is -1.82. The van der Waals surface area contributed by atoms with Crippen LogP contribution in [0.1, 0.15) is 36.8 Å². The van der Waals surface area contributed by atoms with E-state index in [-0.39, 0.29) is 11.8 Å². The molecule has 14 heteroatoms. The van der Waals surface area contributed by atoms with Crippen molar-refractivity contribution in [3.05, 3.63) is 71.8 Å². The Morgan fingerprint density at radius 3 is 1.00 bits per heavy atom. The Labute approximate surface area is 267 Å². The lowest BCUT2D eigenvalue weighted by molar-refractivity contribution is -0.159. The molecule has 0 aliphatic carbocycles. The lowest BCUT2D eigenvalue weighted by Gasteiger charge is -2.35. The standard InChI is InChI=1S/C28H38N4O2.2C2H2O4/c33-27(31-19-15-29(16-20-31)23-25-9-3-1-4-10-25)13-7-8-14-28(34)32-21-17-30(18-22-32)24-26-11-5-2-6-12-26;2*3-1(4)2(5)6/h1-6,9-12H,7-8,13-24H2;2*(H,3,4)(H,5,6). The fraction of sp³-hybridized carbons (Fsp3) is 0.438. The van der Waals surface area contributed by atoms with Crippen LogP contribution < -0.4 is 0 Å². The lowest BCUT2D eigenvalue weighted by Crippen LogP contribution is -2.48. The van der Waals surface area contributed by atoms with Crippen molar-refractivity contribution in [3.63, 3.8) is 0 Å². The fourth-order valence-electron chi connectivity index (χ4n) is 4.86. The predicted octanol–water partition coefficient (Wildman–Crippen LogP) is 1.55. The minimum absolute atomic E-state index is 0.237. The maximum Gasteiger partial charge on any atom is 0.414 e. The zero-order valence-corrected chi connectivity index (χ0v) is 25.7. The fourth-order valence-corrected chi connectivity index (χ4v) is 4.86. The Kier molecular flexibility index (Phi) is 16.5. The summed E-state index contributed by atoms with van der Waals surface area (Å²) in [6.45, 7) is 8.82. The van der Waals surface area contributed by atoms with Crippen molar-refractivity contribution < 1.29 is 49.2 Å². The average Bonchev–Trinajstić information content (AvgIpc) is 3.05. The zero-order valence-electron chi connectivity index (χ0n) is 25.7. The van der Waals surface area contributed by atoms with Crippen LogP contribution in [0.5, 0.6) is 0 Å². The second-order valence-electron chi connectivity index (χ2n) is 10.7. The van der Waals surface area contributed by atoms with Crippen LogP contribution in [0.15, 0.2) is 60.7 Å². The second-order valence-corrected chi connectivity index (χ2v) is 10.7. The van der Waals surface area contributed by atoms with E-state index in [0.717, 1.165) is 78.3 Å². The van der Waals surface area contributed by atoms with Gasteiger partial charge in [0.05, 0.1) is 0 Å². The molecule has 0 spiro atoms. The summed E-state index contributed by atoms with van der Waals surface area (Å²) < 4.78 is 0. The number of carbonyl (C=O) groups excluding carboxylic acids is 2. The Hall–Kier alpha value is -4.82. The van der Waals surface area contributed by atoms with Gasteiger partial charge < -0.3 is 30.2 Å². The van der Waals surface area contributed by atoms with Gasteiger partial charge in [-0.1, -0.05) is 60.7 Å². The van der Waals surface area contributed by atoms with Gasteiger partial charge in [0.2, 0.25) is 11.8 Å². The van der Waals surface area contributed by atoms with Crippen molar-refractivity contribution in [1.82, 2.24) is 19.6 Å². The Morgan fingerprint density at radius 2 is 0.739 bits per heavy atom. The van der Waals surface area contributed by atoms with Gasteiger partial charge in [0.1, 0.15) is 0 Å². The molecule has 2 aliphatic rings. The van der Waals surface area contributed by atoms with Crippen LogP contribution in [0.25, 0.3) is 0 Å². The molecule has 0 bridgehead atoms. The summed E-state index contributed by atoms with van der Waals surface area (Å²) in [6.07, 6.45) is 2.69. The van der Waals surface area contributed by atoms with Gasteiger partial charge in [-0.05, 0) is 24.0 Å². The number of amides is 2. The summed E-state index contributed by atoms with van der Waals surface area (Å²) in [5, 5.41) is 29.6. The smallest absolute Gasteiger partial charge is 0.414 e. The first kappa shape index (κ1) is 37.4. The summed E-state index contributed by atoms with van der Waals surface area (Å²) in [5.41, 5.74) is 2.65. The first-order chi connectivity index (χ1) is 22.0. The molecule has 4 rings (SSSR count). The van der Waals surface area contributed by atoms with Crippen molar-refractivity contribution in [2.75, 3.05) is 52.4 Å². The first-order valence-electron chi connectivity index (χ1n) is 15.0. The van der Waals surface area contributed by atoms with Crippen LogP contribution in [-0.2, 0) is 41.9 Å². The Bertz CT molecular complexity index is 1150. The molecule has 2 heterocycles. The van der Waals surface area contributed by atoms with Gasteiger partial charge in [-0.3, -0.25) is 19.4 Å². The minimum Gasteiger partial charge on any atom is -0.473 e. The molecule has 250 valence electrons. The van der Waals surface area contributed by atoms with Gasteiger partial charge in [0.25, 0.3) is 0 Å². The van der Waals surface area contributed by atoms with E-state index in [1.165, 1.54) is 11.1 Å². The molecule has 2 fully saturated rings. The van der Waals surface area contributed by atoms with Crippen molar-refractivity contribution in [1.29, 1.82) is 0 Å². The summed E-state index contributed by atoms with van der Waals surface area (Å²) in [6, 6.07) is 21.0. The van der Waals surface area contributed by atoms with Crippen LogP contribution in [0.3, 0.4) is 0 Å². The number of rotatable bonds is 9. The summed E-state index contributed by atoms with van der Waals surface area (Å²) in [7, 11) is 0. The van der Waals surface area contributed by atoms with E-state index >= 15 is 0 Å². The molecule has 0 unspecified atom stereocenters. The highest BCUT2D eigenvalue weighted by Gasteiger charge is 2.22. The largest absolute Gasteiger partial charge is 0.473 e. The number of carboxylic acids is 4. The Morgan fingerprint density at radius 1 is 0.457 bits per heavy atom. The van der Waals surface area contributed by atoms with E-state index in [0.29, 0.717) is 12.8 Å². The molecular weight excluding hydrogens is 600 g/mol. The molecule has 2 aromatic carbocycles. The maximum atomic E-state index is 12.6. The Balaban J connectivity index is 0.000000522. The topological polar surface area (TPSA) is 196 Å². The highest BCUT2D eigenvalue weighted by Crippen LogP contribution is 2.13. The van der Waals surface area contributed by atoms with Crippen molar-refractivity contribution in [2.24, 2.45) is 0 Å².